The van der Waals surface area contributed by atoms with E-state index in [0.717, 1.165) is 16.6 Å². The molecular formula is C10H15BrN2. The van der Waals surface area contributed by atoms with Crippen LogP contribution in [0.2, 0.25) is 0 Å². The van der Waals surface area contributed by atoms with Gasteiger partial charge in [0.2, 0.25) is 0 Å². The summed E-state index contributed by atoms with van der Waals surface area (Å²) in [6.45, 7) is 2.13. The predicted molar refractivity (Wildman–Crippen MR) is 62.3 cm³/mol. The Hall–Kier alpha value is -0.700. The number of nitrogens with zero attached hydrogens (tertiary/aromatic N) is 1. The van der Waals surface area contributed by atoms with E-state index >= 15 is 0 Å². The van der Waals surface area contributed by atoms with Gasteiger partial charge in [-0.15, -0.1) is 0 Å². The molecule has 13 heavy (non-hydrogen) atoms. The molecule has 0 saturated carbocycles. The second-order valence-corrected chi connectivity index (χ2v) is 4.11. The lowest BCUT2D eigenvalue weighted by Gasteiger charge is -2.19. The van der Waals surface area contributed by atoms with Crippen LogP contribution in [0.25, 0.3) is 0 Å². The van der Waals surface area contributed by atoms with Gasteiger partial charge in [-0.05, 0) is 40.0 Å². The summed E-state index contributed by atoms with van der Waals surface area (Å²) in [6.07, 6.45) is 0.997. The standard InChI is InChI=1S/C10H15BrN2/c1-4-7-5-8(12)6-9(11)10(7)13(2)3/h5-6H,4,12H2,1-3H3. The largest absolute Gasteiger partial charge is 0.399 e. The van der Waals surface area contributed by atoms with Crippen LogP contribution in [-0.2, 0) is 6.42 Å². The maximum Gasteiger partial charge on any atom is 0.0539 e. The molecule has 0 radical (unpaired) electrons. The van der Waals surface area contributed by atoms with Crippen LogP contribution >= 0.6 is 15.9 Å². The van der Waals surface area contributed by atoms with E-state index in [1.54, 1.807) is 0 Å². The summed E-state index contributed by atoms with van der Waals surface area (Å²) >= 11 is 3.52. The van der Waals surface area contributed by atoms with Crippen molar-refractivity contribution >= 4 is 27.3 Å². The molecule has 0 unspecified atom stereocenters. The van der Waals surface area contributed by atoms with Crippen molar-refractivity contribution in [3.63, 3.8) is 0 Å². The van der Waals surface area contributed by atoms with Gasteiger partial charge in [-0.25, -0.2) is 0 Å². The molecule has 0 amide bonds. The lowest BCUT2D eigenvalue weighted by atomic mass is 10.1. The van der Waals surface area contributed by atoms with Crippen molar-refractivity contribution in [2.75, 3.05) is 24.7 Å². The molecule has 0 aliphatic heterocycles. The lowest BCUT2D eigenvalue weighted by Crippen LogP contribution is -2.12. The molecule has 0 aliphatic rings. The van der Waals surface area contributed by atoms with Crippen LogP contribution in [0.15, 0.2) is 16.6 Å². The highest BCUT2D eigenvalue weighted by molar-refractivity contribution is 9.10. The molecule has 0 saturated heterocycles. The van der Waals surface area contributed by atoms with Crippen molar-refractivity contribution in [1.29, 1.82) is 0 Å². The number of anilines is 2. The second-order valence-electron chi connectivity index (χ2n) is 3.26. The van der Waals surface area contributed by atoms with Crippen molar-refractivity contribution in [3.05, 3.63) is 22.2 Å². The van der Waals surface area contributed by atoms with Gasteiger partial charge in [0.15, 0.2) is 0 Å². The maximum atomic E-state index is 5.76. The smallest absolute Gasteiger partial charge is 0.0539 e. The molecule has 0 aliphatic carbocycles. The Morgan fingerprint density at radius 3 is 2.46 bits per heavy atom. The van der Waals surface area contributed by atoms with Gasteiger partial charge in [0.25, 0.3) is 0 Å². The minimum absolute atomic E-state index is 0.814. The highest BCUT2D eigenvalue weighted by atomic mass is 79.9. The lowest BCUT2D eigenvalue weighted by molar-refractivity contribution is 1.06. The number of hydrogen-bond acceptors (Lipinski definition) is 2. The number of halogens is 1. The third-order valence-electron chi connectivity index (χ3n) is 1.99. The van der Waals surface area contributed by atoms with E-state index in [4.69, 9.17) is 5.73 Å². The first-order valence-electron chi connectivity index (χ1n) is 4.31. The summed E-state index contributed by atoms with van der Waals surface area (Å²) < 4.78 is 1.06. The molecule has 0 atom stereocenters. The Balaban J connectivity index is 3.30. The summed E-state index contributed by atoms with van der Waals surface area (Å²) in [5, 5.41) is 0. The molecule has 2 N–H and O–H groups in total. The molecule has 1 aromatic rings. The fourth-order valence-corrected chi connectivity index (χ4v) is 2.32. The first kappa shape index (κ1) is 10.4. The topological polar surface area (TPSA) is 29.3 Å². The van der Waals surface area contributed by atoms with Gasteiger partial charge in [0.05, 0.1) is 5.69 Å². The molecule has 2 nitrogen and oxygen atoms in total. The number of benzene rings is 1. The number of aryl methyl sites for hydroxylation is 1. The van der Waals surface area contributed by atoms with E-state index in [0.29, 0.717) is 0 Å². The van der Waals surface area contributed by atoms with Gasteiger partial charge in [-0.1, -0.05) is 6.92 Å². The number of hydrogen-bond donors (Lipinski definition) is 1. The SMILES string of the molecule is CCc1cc(N)cc(Br)c1N(C)C. The molecular weight excluding hydrogens is 228 g/mol. The Kier molecular flexibility index (Phi) is 3.20. The Bertz CT molecular complexity index is 308. The van der Waals surface area contributed by atoms with E-state index in [2.05, 4.69) is 27.8 Å². The van der Waals surface area contributed by atoms with Crippen LogP contribution in [0, 0.1) is 0 Å². The van der Waals surface area contributed by atoms with Crippen molar-refractivity contribution in [2.45, 2.75) is 13.3 Å². The van der Waals surface area contributed by atoms with E-state index in [1.165, 1.54) is 11.3 Å². The molecule has 3 heteroatoms. The molecule has 0 aromatic heterocycles. The number of nitrogens with two attached hydrogens (primary N) is 1. The second kappa shape index (κ2) is 4.01. The fourth-order valence-electron chi connectivity index (χ4n) is 1.45. The molecule has 1 rings (SSSR count). The first-order chi connectivity index (χ1) is 6.06. The van der Waals surface area contributed by atoms with Crippen molar-refractivity contribution in [1.82, 2.24) is 0 Å². The normalized spacial score (nSPS) is 10.2. The minimum Gasteiger partial charge on any atom is -0.399 e. The predicted octanol–water partition coefficient (Wildman–Crippen LogP) is 2.66. The molecule has 72 valence electrons. The Morgan fingerprint density at radius 1 is 1.38 bits per heavy atom. The van der Waals surface area contributed by atoms with Gasteiger partial charge in [0.1, 0.15) is 0 Å². The van der Waals surface area contributed by atoms with Crippen molar-refractivity contribution < 1.29 is 0 Å². The van der Waals surface area contributed by atoms with Crippen molar-refractivity contribution in [2.24, 2.45) is 0 Å². The summed E-state index contributed by atoms with van der Waals surface area (Å²) in [5.41, 5.74) is 9.06. The van der Waals surface area contributed by atoms with Crippen molar-refractivity contribution in [3.8, 4) is 0 Å². The zero-order valence-electron chi connectivity index (χ0n) is 8.26. The highest BCUT2D eigenvalue weighted by Crippen LogP contribution is 2.31. The van der Waals surface area contributed by atoms with Gasteiger partial charge < -0.3 is 10.6 Å². The summed E-state index contributed by atoms with van der Waals surface area (Å²) in [6, 6.07) is 3.97. The summed E-state index contributed by atoms with van der Waals surface area (Å²) in [5.74, 6) is 0. The Morgan fingerprint density at radius 2 is 2.00 bits per heavy atom. The number of rotatable bonds is 2. The Labute approximate surface area is 87.9 Å². The van der Waals surface area contributed by atoms with Crippen LogP contribution in [0.5, 0.6) is 0 Å². The first-order valence-corrected chi connectivity index (χ1v) is 5.10. The summed E-state index contributed by atoms with van der Waals surface area (Å²) in [7, 11) is 4.07. The van der Waals surface area contributed by atoms with E-state index in [1.807, 2.05) is 26.2 Å². The zero-order chi connectivity index (χ0) is 10.0. The average molecular weight is 243 g/mol. The monoisotopic (exact) mass is 242 g/mol. The van der Waals surface area contributed by atoms with E-state index < -0.39 is 0 Å². The van der Waals surface area contributed by atoms with Crippen LogP contribution in [0.4, 0.5) is 11.4 Å². The maximum absolute atomic E-state index is 5.76. The number of nitrogen functional groups attached to an aromatic ring is 1. The summed E-state index contributed by atoms with van der Waals surface area (Å²) in [4.78, 5) is 2.10. The van der Waals surface area contributed by atoms with E-state index in [-0.39, 0.29) is 0 Å². The van der Waals surface area contributed by atoms with Gasteiger partial charge >= 0.3 is 0 Å². The molecule has 0 bridgehead atoms. The van der Waals surface area contributed by atoms with E-state index in [9.17, 15) is 0 Å². The van der Waals surface area contributed by atoms with Gasteiger partial charge in [-0.3, -0.25) is 0 Å². The zero-order valence-corrected chi connectivity index (χ0v) is 9.85. The average Bonchev–Trinajstić information content (AvgIpc) is 2.01. The molecule has 1 aromatic carbocycles. The van der Waals surface area contributed by atoms with Gasteiger partial charge in [0, 0.05) is 24.3 Å². The molecule has 0 fully saturated rings. The molecule has 0 spiro atoms. The van der Waals surface area contributed by atoms with Crippen LogP contribution < -0.4 is 10.6 Å². The minimum atomic E-state index is 0.814. The third-order valence-corrected chi connectivity index (χ3v) is 2.60. The fraction of sp³-hybridized carbons (Fsp3) is 0.400. The van der Waals surface area contributed by atoms with Crippen LogP contribution in [0.1, 0.15) is 12.5 Å². The van der Waals surface area contributed by atoms with Crippen LogP contribution in [-0.4, -0.2) is 14.1 Å². The van der Waals surface area contributed by atoms with Gasteiger partial charge in [-0.2, -0.15) is 0 Å². The molecule has 0 heterocycles. The van der Waals surface area contributed by atoms with Crippen LogP contribution in [0.3, 0.4) is 0 Å². The quantitative estimate of drug-likeness (QED) is 0.809. The third kappa shape index (κ3) is 2.15. The highest BCUT2D eigenvalue weighted by Gasteiger charge is 2.08.